The molecular weight excluding hydrogens is 283 g/mol. The molecule has 0 heterocycles. The fraction of sp³-hybridized carbons (Fsp3) is 0.385. The quantitative estimate of drug-likeness (QED) is 0.433. The summed E-state index contributed by atoms with van der Waals surface area (Å²) in [6.07, 6.45) is 2.46. The third kappa shape index (κ3) is 6.25. The van der Waals surface area contributed by atoms with E-state index in [9.17, 15) is 9.59 Å². The SMILES string of the molecule is COC(=O)CCCCC(=O)[Se]c1ccccc1. The van der Waals surface area contributed by atoms with E-state index in [4.69, 9.17) is 0 Å². The standard InChI is InChI=1S/C13H16O3Se/c1-16-12(14)9-5-6-10-13(15)17-11-7-3-2-4-8-11/h2-4,7-8H,5-6,9-10H2,1H3. The van der Waals surface area contributed by atoms with Gasteiger partial charge in [-0.15, -0.1) is 0 Å². The van der Waals surface area contributed by atoms with Gasteiger partial charge >= 0.3 is 108 Å². The van der Waals surface area contributed by atoms with Crippen molar-refractivity contribution in [3.8, 4) is 0 Å². The maximum atomic E-state index is 11.6. The summed E-state index contributed by atoms with van der Waals surface area (Å²) in [5.74, 6) is -0.203. The average molecular weight is 299 g/mol. The van der Waals surface area contributed by atoms with Crippen LogP contribution < -0.4 is 4.46 Å². The topological polar surface area (TPSA) is 43.4 Å². The van der Waals surface area contributed by atoms with E-state index in [0.717, 1.165) is 17.3 Å². The van der Waals surface area contributed by atoms with Crippen molar-refractivity contribution in [2.75, 3.05) is 7.11 Å². The molecule has 3 nitrogen and oxygen atoms in total. The minimum absolute atomic E-state index is 0.0907. The Kier molecular flexibility index (Phi) is 6.60. The summed E-state index contributed by atoms with van der Waals surface area (Å²) in [4.78, 5) is 22.5. The summed E-state index contributed by atoms with van der Waals surface area (Å²) in [6.45, 7) is 0. The van der Waals surface area contributed by atoms with Gasteiger partial charge in [0.1, 0.15) is 0 Å². The monoisotopic (exact) mass is 300 g/mol. The predicted molar refractivity (Wildman–Crippen MR) is 67.3 cm³/mol. The van der Waals surface area contributed by atoms with Crippen molar-refractivity contribution in [2.45, 2.75) is 25.7 Å². The first-order valence-corrected chi connectivity index (χ1v) is 7.26. The molecule has 0 aromatic heterocycles. The maximum absolute atomic E-state index is 11.6. The van der Waals surface area contributed by atoms with E-state index in [-0.39, 0.29) is 25.6 Å². The number of hydrogen-bond acceptors (Lipinski definition) is 3. The predicted octanol–water partition coefficient (Wildman–Crippen LogP) is 1.28. The van der Waals surface area contributed by atoms with E-state index in [0.29, 0.717) is 12.8 Å². The number of unbranched alkanes of at least 4 members (excludes halogenated alkanes) is 1. The zero-order chi connectivity index (χ0) is 12.5. The van der Waals surface area contributed by atoms with Gasteiger partial charge in [-0.25, -0.2) is 0 Å². The number of hydrogen-bond donors (Lipinski definition) is 0. The third-order valence-corrected chi connectivity index (χ3v) is 4.19. The Balaban J connectivity index is 2.16. The van der Waals surface area contributed by atoms with Gasteiger partial charge in [0.15, 0.2) is 0 Å². The zero-order valence-electron chi connectivity index (χ0n) is 9.85. The van der Waals surface area contributed by atoms with E-state index in [1.54, 1.807) is 0 Å². The molecule has 0 bridgehead atoms. The van der Waals surface area contributed by atoms with Gasteiger partial charge in [-0.3, -0.25) is 0 Å². The number of benzene rings is 1. The first-order chi connectivity index (χ1) is 8.22. The van der Waals surface area contributed by atoms with Crippen molar-refractivity contribution in [3.05, 3.63) is 30.3 Å². The molecule has 0 radical (unpaired) electrons. The average Bonchev–Trinajstić information content (AvgIpc) is 2.35. The second-order valence-electron chi connectivity index (χ2n) is 3.57. The fourth-order valence-electron chi connectivity index (χ4n) is 1.31. The fourth-order valence-corrected chi connectivity index (χ4v) is 3.00. The summed E-state index contributed by atoms with van der Waals surface area (Å²) in [7, 11) is 1.38. The van der Waals surface area contributed by atoms with Crippen LogP contribution in [0.4, 0.5) is 0 Å². The van der Waals surface area contributed by atoms with Crippen LogP contribution in [0.2, 0.25) is 0 Å². The van der Waals surface area contributed by atoms with Crippen LogP contribution in [0.3, 0.4) is 0 Å². The molecule has 1 aromatic carbocycles. The number of methoxy groups -OCH3 is 1. The number of ether oxygens (including phenoxy) is 1. The summed E-state index contributed by atoms with van der Waals surface area (Å²) < 4.78 is 5.93. The molecule has 0 N–H and O–H groups in total. The van der Waals surface area contributed by atoms with Gasteiger partial charge in [-0.1, -0.05) is 0 Å². The van der Waals surface area contributed by atoms with E-state index in [1.807, 2.05) is 30.3 Å². The van der Waals surface area contributed by atoms with Crippen molar-refractivity contribution in [2.24, 2.45) is 0 Å². The van der Waals surface area contributed by atoms with Gasteiger partial charge in [-0.2, -0.15) is 0 Å². The number of rotatable bonds is 7. The van der Waals surface area contributed by atoms with Crippen LogP contribution in [-0.2, 0) is 14.3 Å². The molecule has 0 spiro atoms. The normalized spacial score (nSPS) is 9.94. The molecule has 92 valence electrons. The second kappa shape index (κ2) is 8.04. The second-order valence-corrected chi connectivity index (χ2v) is 5.94. The number of carbonyl (C=O) groups is 2. The van der Waals surface area contributed by atoms with Crippen LogP contribution in [0.5, 0.6) is 0 Å². The van der Waals surface area contributed by atoms with Crippen LogP contribution in [0.1, 0.15) is 25.7 Å². The first kappa shape index (κ1) is 13.9. The summed E-state index contributed by atoms with van der Waals surface area (Å²) in [6, 6.07) is 9.79. The Morgan fingerprint density at radius 3 is 2.41 bits per heavy atom. The number of carbonyl (C=O) groups excluding carboxylic acids is 2. The molecule has 0 unspecified atom stereocenters. The molecule has 1 rings (SSSR count). The van der Waals surface area contributed by atoms with Crippen molar-refractivity contribution >= 4 is 30.1 Å². The van der Waals surface area contributed by atoms with Crippen LogP contribution in [0.15, 0.2) is 30.3 Å². The molecular formula is C13H16O3Se. The van der Waals surface area contributed by atoms with Crippen LogP contribution in [0, 0.1) is 0 Å². The van der Waals surface area contributed by atoms with Crippen molar-refractivity contribution in [3.63, 3.8) is 0 Å². The van der Waals surface area contributed by atoms with Gasteiger partial charge in [0.2, 0.25) is 0 Å². The van der Waals surface area contributed by atoms with Crippen LogP contribution in [0.25, 0.3) is 0 Å². The molecule has 17 heavy (non-hydrogen) atoms. The van der Waals surface area contributed by atoms with Gasteiger partial charge in [-0.05, 0) is 0 Å². The molecule has 0 saturated carbocycles. The van der Waals surface area contributed by atoms with Gasteiger partial charge in [0.05, 0.1) is 0 Å². The summed E-state index contributed by atoms with van der Waals surface area (Å²) in [5, 5.41) is 0. The van der Waals surface area contributed by atoms with Crippen LogP contribution in [-0.4, -0.2) is 32.7 Å². The zero-order valence-corrected chi connectivity index (χ0v) is 11.6. The van der Waals surface area contributed by atoms with Gasteiger partial charge < -0.3 is 0 Å². The Bertz CT molecular complexity index is 362. The Morgan fingerprint density at radius 1 is 1.12 bits per heavy atom. The molecule has 0 fully saturated rings. The molecule has 4 heteroatoms. The minimum atomic E-state index is -0.203. The van der Waals surface area contributed by atoms with Crippen molar-refractivity contribution < 1.29 is 14.3 Å². The summed E-state index contributed by atoms with van der Waals surface area (Å²) >= 11 is -0.0907. The molecule has 0 atom stereocenters. The molecule has 0 amide bonds. The Labute approximate surface area is 108 Å². The van der Waals surface area contributed by atoms with Gasteiger partial charge in [0.25, 0.3) is 0 Å². The molecule has 0 saturated heterocycles. The molecule has 1 aromatic rings. The van der Waals surface area contributed by atoms with E-state index in [2.05, 4.69) is 4.74 Å². The van der Waals surface area contributed by atoms with Crippen molar-refractivity contribution in [1.29, 1.82) is 0 Å². The van der Waals surface area contributed by atoms with E-state index < -0.39 is 0 Å². The van der Waals surface area contributed by atoms with Crippen LogP contribution >= 0.6 is 0 Å². The number of esters is 1. The summed E-state index contributed by atoms with van der Waals surface area (Å²) in [5.41, 5.74) is 0. The molecule has 0 aliphatic heterocycles. The van der Waals surface area contributed by atoms with E-state index in [1.165, 1.54) is 7.11 Å². The first-order valence-electron chi connectivity index (χ1n) is 5.55. The Morgan fingerprint density at radius 2 is 1.76 bits per heavy atom. The van der Waals surface area contributed by atoms with Gasteiger partial charge in [0, 0.05) is 0 Å². The van der Waals surface area contributed by atoms with Crippen molar-refractivity contribution in [1.82, 2.24) is 0 Å². The third-order valence-electron chi connectivity index (χ3n) is 2.21. The molecule has 0 aliphatic carbocycles. The molecule has 0 aliphatic rings. The van der Waals surface area contributed by atoms with E-state index >= 15 is 0 Å². The Hall–Kier alpha value is -1.12.